The Morgan fingerprint density at radius 3 is 2.79 bits per heavy atom. The van der Waals surface area contributed by atoms with Crippen LogP contribution in [0.5, 0.6) is 0 Å². The van der Waals surface area contributed by atoms with Crippen molar-refractivity contribution in [1.82, 2.24) is 4.57 Å². The van der Waals surface area contributed by atoms with Gasteiger partial charge in [-0.3, -0.25) is 4.79 Å². The Morgan fingerprint density at radius 1 is 1.50 bits per heavy atom. The van der Waals surface area contributed by atoms with Crippen LogP contribution < -0.4 is 5.56 Å². The molecule has 0 radical (unpaired) electrons. The number of pyridine rings is 1. The van der Waals surface area contributed by atoms with E-state index in [1.807, 2.05) is 26.0 Å². The Kier molecular flexibility index (Phi) is 3.56. The highest BCUT2D eigenvalue weighted by Crippen LogP contribution is 2.07. The van der Waals surface area contributed by atoms with Gasteiger partial charge in [0.05, 0.1) is 6.54 Å². The fourth-order valence-electron chi connectivity index (χ4n) is 1.32. The lowest BCUT2D eigenvalue weighted by Gasteiger charge is -2.07. The summed E-state index contributed by atoms with van der Waals surface area (Å²) in [6.07, 6.45) is 1.68. The van der Waals surface area contributed by atoms with Crippen molar-refractivity contribution in [2.75, 3.05) is 6.54 Å². The molecule has 4 nitrogen and oxygen atoms in total. The van der Waals surface area contributed by atoms with Gasteiger partial charge in [0.15, 0.2) is 0 Å². The van der Waals surface area contributed by atoms with Crippen LogP contribution in [0.4, 0.5) is 0 Å². The molecule has 0 saturated heterocycles. The molecule has 0 amide bonds. The zero-order valence-corrected chi connectivity index (χ0v) is 8.43. The van der Waals surface area contributed by atoms with Crippen LogP contribution in [0.2, 0.25) is 0 Å². The summed E-state index contributed by atoms with van der Waals surface area (Å²) in [6.45, 7) is 4.45. The summed E-state index contributed by atoms with van der Waals surface area (Å²) in [5.41, 5.74) is 0.754. The second-order valence-corrected chi connectivity index (χ2v) is 3.47. The van der Waals surface area contributed by atoms with Gasteiger partial charge in [0.2, 0.25) is 0 Å². The molecule has 14 heavy (non-hydrogen) atoms. The largest absolute Gasteiger partial charge is 0.313 e. The minimum absolute atomic E-state index is 0.0221. The lowest BCUT2D eigenvalue weighted by atomic mass is 10.1. The van der Waals surface area contributed by atoms with Gasteiger partial charge in [-0.15, -0.1) is 0 Å². The number of aromatic nitrogens is 1. The van der Waals surface area contributed by atoms with Crippen molar-refractivity contribution in [3.63, 3.8) is 0 Å². The SMILES string of the molecule is CC(C)c1cccn(CCN=O)c1=O. The molecule has 1 aromatic heterocycles. The molecule has 0 N–H and O–H groups in total. The predicted molar refractivity (Wildman–Crippen MR) is 55.5 cm³/mol. The molecule has 76 valence electrons. The van der Waals surface area contributed by atoms with E-state index in [0.717, 1.165) is 5.56 Å². The van der Waals surface area contributed by atoms with Crippen molar-refractivity contribution in [3.05, 3.63) is 39.2 Å². The molecule has 1 rings (SSSR count). The van der Waals surface area contributed by atoms with E-state index in [2.05, 4.69) is 5.18 Å². The zero-order chi connectivity index (χ0) is 10.6. The van der Waals surface area contributed by atoms with Gasteiger partial charge in [-0.2, -0.15) is 4.91 Å². The first-order valence-corrected chi connectivity index (χ1v) is 4.65. The molecule has 1 aromatic rings. The fraction of sp³-hybridized carbons (Fsp3) is 0.500. The van der Waals surface area contributed by atoms with Crippen molar-refractivity contribution in [3.8, 4) is 0 Å². The molecule has 0 aliphatic rings. The van der Waals surface area contributed by atoms with Crippen LogP contribution >= 0.6 is 0 Å². The second kappa shape index (κ2) is 4.69. The highest BCUT2D eigenvalue weighted by Gasteiger charge is 2.05. The van der Waals surface area contributed by atoms with E-state index in [1.54, 1.807) is 6.20 Å². The Balaban J connectivity index is 3.01. The molecule has 0 unspecified atom stereocenters. The maximum atomic E-state index is 11.7. The highest BCUT2D eigenvalue weighted by molar-refractivity contribution is 5.14. The lowest BCUT2D eigenvalue weighted by molar-refractivity contribution is 0.662. The number of hydrogen-bond donors (Lipinski definition) is 0. The standard InChI is InChI=1S/C10H14N2O2/c1-8(2)9-4-3-6-12(10(9)13)7-5-11-14/h3-4,6,8H,5,7H2,1-2H3. The Bertz CT molecular complexity index is 369. The summed E-state index contributed by atoms with van der Waals surface area (Å²) < 4.78 is 1.52. The maximum absolute atomic E-state index is 11.7. The second-order valence-electron chi connectivity index (χ2n) is 3.47. The first-order valence-electron chi connectivity index (χ1n) is 4.65. The molecule has 1 heterocycles. The smallest absolute Gasteiger partial charge is 0.254 e. The average molecular weight is 194 g/mol. The van der Waals surface area contributed by atoms with Crippen LogP contribution in [-0.2, 0) is 6.54 Å². The summed E-state index contributed by atoms with van der Waals surface area (Å²) in [4.78, 5) is 21.7. The summed E-state index contributed by atoms with van der Waals surface area (Å²) in [7, 11) is 0. The summed E-state index contributed by atoms with van der Waals surface area (Å²) in [5, 5.41) is 2.74. The summed E-state index contributed by atoms with van der Waals surface area (Å²) in [6, 6.07) is 3.64. The monoisotopic (exact) mass is 194 g/mol. The molecule has 4 heteroatoms. The topological polar surface area (TPSA) is 51.4 Å². The third kappa shape index (κ3) is 2.28. The van der Waals surface area contributed by atoms with Crippen molar-refractivity contribution in [1.29, 1.82) is 0 Å². The van der Waals surface area contributed by atoms with Crippen molar-refractivity contribution in [2.24, 2.45) is 5.18 Å². The van der Waals surface area contributed by atoms with Gasteiger partial charge in [-0.1, -0.05) is 25.1 Å². The summed E-state index contributed by atoms with van der Waals surface area (Å²) >= 11 is 0. The Labute approximate surface area is 82.5 Å². The van der Waals surface area contributed by atoms with Gasteiger partial charge in [-0.25, -0.2) is 0 Å². The van der Waals surface area contributed by atoms with Gasteiger partial charge in [-0.05, 0) is 12.0 Å². The van der Waals surface area contributed by atoms with Crippen LogP contribution in [0, 0.1) is 4.91 Å². The van der Waals surface area contributed by atoms with E-state index in [0.29, 0.717) is 6.54 Å². The third-order valence-electron chi connectivity index (χ3n) is 2.10. The predicted octanol–water partition coefficient (Wildman–Crippen LogP) is 1.74. The maximum Gasteiger partial charge on any atom is 0.254 e. The molecule has 0 spiro atoms. The van der Waals surface area contributed by atoms with Crippen molar-refractivity contribution in [2.45, 2.75) is 26.3 Å². The van der Waals surface area contributed by atoms with Gasteiger partial charge in [0.25, 0.3) is 5.56 Å². The molecular weight excluding hydrogens is 180 g/mol. The van der Waals surface area contributed by atoms with Crippen LogP contribution in [0.1, 0.15) is 25.3 Å². The van der Waals surface area contributed by atoms with Gasteiger partial charge in [0.1, 0.15) is 0 Å². The van der Waals surface area contributed by atoms with E-state index in [-0.39, 0.29) is 18.0 Å². The molecule has 0 fully saturated rings. The molecule has 0 saturated carbocycles. The zero-order valence-electron chi connectivity index (χ0n) is 8.43. The van der Waals surface area contributed by atoms with Gasteiger partial charge >= 0.3 is 0 Å². The first-order chi connectivity index (χ1) is 6.66. The van der Waals surface area contributed by atoms with E-state index in [1.165, 1.54) is 4.57 Å². The molecule has 0 bridgehead atoms. The van der Waals surface area contributed by atoms with Crippen molar-refractivity contribution >= 4 is 0 Å². The normalized spacial score (nSPS) is 10.5. The van der Waals surface area contributed by atoms with Crippen LogP contribution in [-0.4, -0.2) is 11.1 Å². The van der Waals surface area contributed by atoms with E-state index >= 15 is 0 Å². The van der Waals surface area contributed by atoms with Gasteiger partial charge in [0, 0.05) is 18.3 Å². The van der Waals surface area contributed by atoms with E-state index in [9.17, 15) is 9.70 Å². The van der Waals surface area contributed by atoms with Gasteiger partial charge < -0.3 is 4.57 Å². The fourth-order valence-corrected chi connectivity index (χ4v) is 1.32. The molecule has 0 aromatic carbocycles. The van der Waals surface area contributed by atoms with Crippen molar-refractivity contribution < 1.29 is 0 Å². The number of nitroso groups, excluding NO2 is 1. The van der Waals surface area contributed by atoms with E-state index < -0.39 is 0 Å². The van der Waals surface area contributed by atoms with Crippen LogP contribution in [0.15, 0.2) is 28.3 Å². The minimum atomic E-state index is -0.0221. The third-order valence-corrected chi connectivity index (χ3v) is 2.10. The highest BCUT2D eigenvalue weighted by atomic mass is 16.3. The molecule has 0 atom stereocenters. The Hall–Kier alpha value is -1.45. The van der Waals surface area contributed by atoms with Crippen LogP contribution in [0.3, 0.4) is 0 Å². The number of rotatable bonds is 4. The van der Waals surface area contributed by atoms with E-state index in [4.69, 9.17) is 0 Å². The molecule has 0 aliphatic heterocycles. The molecule has 0 aliphatic carbocycles. The summed E-state index contributed by atoms with van der Waals surface area (Å²) in [5.74, 6) is 0.208. The average Bonchev–Trinajstić information content (AvgIpc) is 2.16. The van der Waals surface area contributed by atoms with Crippen LogP contribution in [0.25, 0.3) is 0 Å². The number of nitrogens with zero attached hydrogens (tertiary/aromatic N) is 2. The quantitative estimate of drug-likeness (QED) is 0.685. The first kappa shape index (κ1) is 10.6. The Morgan fingerprint density at radius 2 is 2.21 bits per heavy atom. The lowest BCUT2D eigenvalue weighted by Crippen LogP contribution is -2.24. The minimum Gasteiger partial charge on any atom is -0.313 e. The molecular formula is C10H14N2O2. The number of hydrogen-bond acceptors (Lipinski definition) is 3.